The Morgan fingerprint density at radius 1 is 1.44 bits per heavy atom. The van der Waals surface area contributed by atoms with Gasteiger partial charge in [0, 0.05) is 11.8 Å². The molecule has 1 aromatic carbocycles. The fraction of sp³-hybridized carbons (Fsp3) is 0.364. The predicted octanol–water partition coefficient (Wildman–Crippen LogP) is 2.55. The van der Waals surface area contributed by atoms with E-state index in [9.17, 15) is 8.78 Å². The molecule has 1 aromatic rings. The topological polar surface area (TPSA) is 24.4 Å². The smallest absolute Gasteiger partial charge is 0.159 e. The SMILES string of the molecule is CC1CN=C(NCc2ccc(F)c(F)c2)S1. The molecule has 0 spiro atoms. The van der Waals surface area contributed by atoms with Crippen LogP contribution in [0.4, 0.5) is 8.78 Å². The van der Waals surface area contributed by atoms with E-state index >= 15 is 0 Å². The lowest BCUT2D eigenvalue weighted by molar-refractivity contribution is 0.507. The molecule has 5 heteroatoms. The average Bonchev–Trinajstić information content (AvgIpc) is 2.66. The van der Waals surface area contributed by atoms with Crippen molar-refractivity contribution >= 4 is 16.9 Å². The first-order valence-corrected chi connectivity index (χ1v) is 5.92. The monoisotopic (exact) mass is 242 g/mol. The molecule has 0 fully saturated rings. The molecule has 0 aromatic heterocycles. The van der Waals surface area contributed by atoms with E-state index < -0.39 is 11.6 Å². The molecule has 0 radical (unpaired) electrons. The van der Waals surface area contributed by atoms with E-state index in [2.05, 4.69) is 17.2 Å². The maximum atomic E-state index is 12.9. The number of hydrogen-bond acceptors (Lipinski definition) is 3. The molecule has 86 valence electrons. The van der Waals surface area contributed by atoms with Crippen LogP contribution >= 0.6 is 11.8 Å². The Morgan fingerprint density at radius 2 is 2.25 bits per heavy atom. The number of hydrogen-bond donors (Lipinski definition) is 1. The first-order chi connectivity index (χ1) is 7.65. The van der Waals surface area contributed by atoms with Crippen molar-refractivity contribution in [3.05, 3.63) is 35.4 Å². The number of nitrogens with zero attached hydrogens (tertiary/aromatic N) is 1. The van der Waals surface area contributed by atoms with Gasteiger partial charge in [-0.2, -0.15) is 0 Å². The molecule has 1 heterocycles. The quantitative estimate of drug-likeness (QED) is 0.862. The lowest BCUT2D eigenvalue weighted by Gasteiger charge is -2.06. The average molecular weight is 242 g/mol. The van der Waals surface area contributed by atoms with Crippen LogP contribution in [-0.2, 0) is 6.54 Å². The molecule has 1 aliphatic rings. The molecule has 1 N–H and O–H groups in total. The summed E-state index contributed by atoms with van der Waals surface area (Å²) in [6.07, 6.45) is 0. The van der Waals surface area contributed by atoms with Gasteiger partial charge in [-0.25, -0.2) is 8.78 Å². The van der Waals surface area contributed by atoms with Crippen LogP contribution in [0.25, 0.3) is 0 Å². The van der Waals surface area contributed by atoms with Crippen molar-refractivity contribution in [3.8, 4) is 0 Å². The van der Waals surface area contributed by atoms with Crippen LogP contribution in [0.3, 0.4) is 0 Å². The second-order valence-electron chi connectivity index (χ2n) is 3.68. The normalized spacial score (nSPS) is 19.7. The zero-order chi connectivity index (χ0) is 11.5. The summed E-state index contributed by atoms with van der Waals surface area (Å²) >= 11 is 1.66. The lowest BCUT2D eigenvalue weighted by atomic mass is 10.2. The Balaban J connectivity index is 1.92. The van der Waals surface area contributed by atoms with Gasteiger partial charge in [0.15, 0.2) is 16.8 Å². The van der Waals surface area contributed by atoms with Crippen LogP contribution in [0, 0.1) is 11.6 Å². The molecule has 0 amide bonds. The third kappa shape index (κ3) is 2.72. The molecule has 0 saturated heterocycles. The third-order valence-corrected chi connectivity index (χ3v) is 3.28. The maximum Gasteiger partial charge on any atom is 0.159 e. The Morgan fingerprint density at radius 3 is 2.88 bits per heavy atom. The summed E-state index contributed by atoms with van der Waals surface area (Å²) in [7, 11) is 0. The minimum atomic E-state index is -0.815. The van der Waals surface area contributed by atoms with Crippen molar-refractivity contribution in [2.24, 2.45) is 4.99 Å². The van der Waals surface area contributed by atoms with Crippen molar-refractivity contribution in [3.63, 3.8) is 0 Å². The largest absolute Gasteiger partial charge is 0.361 e. The summed E-state index contributed by atoms with van der Waals surface area (Å²) in [6.45, 7) is 3.38. The summed E-state index contributed by atoms with van der Waals surface area (Å²) in [6, 6.07) is 3.90. The highest BCUT2D eigenvalue weighted by atomic mass is 32.2. The molecule has 0 saturated carbocycles. The van der Waals surface area contributed by atoms with Crippen molar-refractivity contribution in [2.75, 3.05) is 6.54 Å². The van der Waals surface area contributed by atoms with Crippen LogP contribution in [0.2, 0.25) is 0 Å². The highest BCUT2D eigenvalue weighted by molar-refractivity contribution is 8.14. The summed E-state index contributed by atoms with van der Waals surface area (Å²) in [4.78, 5) is 4.27. The van der Waals surface area contributed by atoms with Crippen molar-refractivity contribution < 1.29 is 8.78 Å². The molecule has 0 bridgehead atoms. The molecular formula is C11H12F2N2S. The Hall–Kier alpha value is -1.10. The molecule has 2 rings (SSSR count). The molecule has 1 atom stereocenters. The number of halogens is 2. The molecule has 2 nitrogen and oxygen atoms in total. The Kier molecular flexibility index (Phi) is 3.43. The fourth-order valence-corrected chi connectivity index (χ4v) is 2.24. The predicted molar refractivity (Wildman–Crippen MR) is 62.6 cm³/mol. The van der Waals surface area contributed by atoms with Gasteiger partial charge in [0.1, 0.15) is 0 Å². The second kappa shape index (κ2) is 4.82. The van der Waals surface area contributed by atoms with Gasteiger partial charge in [0.25, 0.3) is 0 Å². The number of benzene rings is 1. The van der Waals surface area contributed by atoms with Gasteiger partial charge in [-0.15, -0.1) is 0 Å². The van der Waals surface area contributed by atoms with Gasteiger partial charge < -0.3 is 5.32 Å². The van der Waals surface area contributed by atoms with Gasteiger partial charge in [-0.05, 0) is 17.7 Å². The molecule has 1 aliphatic heterocycles. The first kappa shape index (κ1) is 11.4. The number of amidine groups is 1. The lowest BCUT2D eigenvalue weighted by Crippen LogP contribution is -2.18. The molecular weight excluding hydrogens is 230 g/mol. The van der Waals surface area contributed by atoms with Crippen molar-refractivity contribution in [2.45, 2.75) is 18.7 Å². The van der Waals surface area contributed by atoms with Gasteiger partial charge >= 0.3 is 0 Å². The van der Waals surface area contributed by atoms with Crippen LogP contribution < -0.4 is 5.32 Å². The Labute approximate surface area is 97.1 Å². The summed E-state index contributed by atoms with van der Waals surface area (Å²) in [5.74, 6) is -1.63. The van der Waals surface area contributed by atoms with Gasteiger partial charge in [-0.3, -0.25) is 4.99 Å². The zero-order valence-electron chi connectivity index (χ0n) is 8.84. The number of rotatable bonds is 2. The number of nitrogens with one attached hydrogen (secondary N) is 1. The fourth-order valence-electron chi connectivity index (χ4n) is 1.40. The van der Waals surface area contributed by atoms with E-state index in [4.69, 9.17) is 0 Å². The molecule has 1 unspecified atom stereocenters. The van der Waals surface area contributed by atoms with E-state index in [0.717, 1.165) is 17.8 Å². The van der Waals surface area contributed by atoms with E-state index in [1.807, 2.05) is 0 Å². The van der Waals surface area contributed by atoms with Crippen LogP contribution in [-0.4, -0.2) is 17.0 Å². The van der Waals surface area contributed by atoms with Crippen LogP contribution in [0.5, 0.6) is 0 Å². The van der Waals surface area contributed by atoms with E-state index in [1.54, 1.807) is 17.8 Å². The number of thioether (sulfide) groups is 1. The van der Waals surface area contributed by atoms with Gasteiger partial charge in [0.2, 0.25) is 0 Å². The van der Waals surface area contributed by atoms with Gasteiger partial charge in [-0.1, -0.05) is 24.8 Å². The Bertz CT molecular complexity index is 420. The summed E-state index contributed by atoms with van der Waals surface area (Å²) in [5.41, 5.74) is 0.710. The zero-order valence-corrected chi connectivity index (χ0v) is 9.65. The van der Waals surface area contributed by atoms with Crippen LogP contribution in [0.1, 0.15) is 12.5 Å². The molecule has 16 heavy (non-hydrogen) atoms. The summed E-state index contributed by atoms with van der Waals surface area (Å²) in [5, 5.41) is 4.46. The first-order valence-electron chi connectivity index (χ1n) is 5.04. The van der Waals surface area contributed by atoms with E-state index in [-0.39, 0.29) is 0 Å². The van der Waals surface area contributed by atoms with Crippen LogP contribution in [0.15, 0.2) is 23.2 Å². The minimum Gasteiger partial charge on any atom is -0.361 e. The standard InChI is InChI=1S/C11H12F2N2S/c1-7-5-14-11(16-7)15-6-8-2-3-9(12)10(13)4-8/h2-4,7H,5-6H2,1H3,(H,14,15). The second-order valence-corrected chi connectivity index (χ2v) is 5.10. The number of aliphatic imine (C=N–C) groups is 1. The van der Waals surface area contributed by atoms with E-state index in [0.29, 0.717) is 17.4 Å². The van der Waals surface area contributed by atoms with Crippen molar-refractivity contribution in [1.29, 1.82) is 0 Å². The highest BCUT2D eigenvalue weighted by Gasteiger charge is 2.14. The third-order valence-electron chi connectivity index (χ3n) is 2.23. The van der Waals surface area contributed by atoms with E-state index in [1.165, 1.54) is 6.07 Å². The van der Waals surface area contributed by atoms with Gasteiger partial charge in [0.05, 0.1) is 6.54 Å². The summed E-state index contributed by atoms with van der Waals surface area (Å²) < 4.78 is 25.6. The van der Waals surface area contributed by atoms with Crippen molar-refractivity contribution in [1.82, 2.24) is 5.32 Å². The molecule has 0 aliphatic carbocycles. The minimum absolute atomic E-state index is 0.468. The maximum absolute atomic E-state index is 12.9. The highest BCUT2D eigenvalue weighted by Crippen LogP contribution is 2.18.